The highest BCUT2D eigenvalue weighted by molar-refractivity contribution is 4.96. The lowest BCUT2D eigenvalue weighted by molar-refractivity contribution is 0.142. The summed E-state index contributed by atoms with van der Waals surface area (Å²) in [5, 5.41) is 12.1. The zero-order valence-corrected chi connectivity index (χ0v) is 12.7. The van der Waals surface area contributed by atoms with E-state index in [2.05, 4.69) is 54.4 Å². The Hall–Kier alpha value is -0.940. The fraction of sp³-hybridized carbons (Fsp3) is 0.857. The molecule has 1 fully saturated rings. The third-order valence-electron chi connectivity index (χ3n) is 3.69. The van der Waals surface area contributed by atoms with E-state index in [9.17, 15) is 0 Å². The SMILES string of the molecule is CCCC1CNCCN1Cc1cn(C(C)(C)C)nn1. The molecule has 1 atom stereocenters. The summed E-state index contributed by atoms with van der Waals surface area (Å²) in [5.41, 5.74) is 1.09. The first-order valence-electron chi connectivity index (χ1n) is 7.37. The van der Waals surface area contributed by atoms with E-state index in [4.69, 9.17) is 0 Å². The van der Waals surface area contributed by atoms with E-state index in [1.807, 2.05) is 4.68 Å². The quantitative estimate of drug-likeness (QED) is 0.898. The molecule has 1 aromatic heterocycles. The van der Waals surface area contributed by atoms with E-state index in [1.54, 1.807) is 0 Å². The molecule has 1 aromatic rings. The van der Waals surface area contributed by atoms with Crippen LogP contribution in [0.2, 0.25) is 0 Å². The van der Waals surface area contributed by atoms with Crippen molar-refractivity contribution >= 4 is 0 Å². The van der Waals surface area contributed by atoms with Crippen LogP contribution in [0.4, 0.5) is 0 Å². The molecule has 0 spiro atoms. The molecule has 0 aliphatic carbocycles. The maximum atomic E-state index is 4.32. The van der Waals surface area contributed by atoms with E-state index < -0.39 is 0 Å². The first-order chi connectivity index (χ1) is 9.00. The predicted octanol–water partition coefficient (Wildman–Crippen LogP) is 1.61. The van der Waals surface area contributed by atoms with Crippen molar-refractivity contribution in [2.75, 3.05) is 19.6 Å². The number of piperazine rings is 1. The van der Waals surface area contributed by atoms with Crippen LogP contribution in [-0.2, 0) is 12.1 Å². The molecule has 1 aliphatic heterocycles. The van der Waals surface area contributed by atoms with Crippen LogP contribution < -0.4 is 5.32 Å². The van der Waals surface area contributed by atoms with Crippen LogP contribution in [0, 0.1) is 0 Å². The lowest BCUT2D eigenvalue weighted by atomic mass is 10.1. The summed E-state index contributed by atoms with van der Waals surface area (Å²) in [6.45, 7) is 12.9. The van der Waals surface area contributed by atoms with Gasteiger partial charge in [0.2, 0.25) is 0 Å². The van der Waals surface area contributed by atoms with E-state index in [0.717, 1.165) is 31.9 Å². The highest BCUT2D eigenvalue weighted by atomic mass is 15.4. The fourth-order valence-electron chi connectivity index (χ4n) is 2.54. The Morgan fingerprint density at radius 1 is 1.42 bits per heavy atom. The second-order valence-corrected chi connectivity index (χ2v) is 6.44. The van der Waals surface area contributed by atoms with Crippen molar-refractivity contribution in [2.24, 2.45) is 0 Å². The molecule has 1 aliphatic rings. The van der Waals surface area contributed by atoms with Crippen LogP contribution in [-0.4, -0.2) is 45.6 Å². The molecule has 0 bridgehead atoms. The summed E-state index contributed by atoms with van der Waals surface area (Å²) in [5.74, 6) is 0. The predicted molar refractivity (Wildman–Crippen MR) is 77.0 cm³/mol. The molecule has 19 heavy (non-hydrogen) atoms. The van der Waals surface area contributed by atoms with Crippen molar-refractivity contribution in [3.8, 4) is 0 Å². The van der Waals surface area contributed by atoms with Crippen molar-refractivity contribution in [1.82, 2.24) is 25.2 Å². The minimum absolute atomic E-state index is 0.0114. The maximum absolute atomic E-state index is 4.32. The van der Waals surface area contributed by atoms with Crippen molar-refractivity contribution in [3.05, 3.63) is 11.9 Å². The second kappa shape index (κ2) is 6.01. The van der Waals surface area contributed by atoms with Crippen molar-refractivity contribution < 1.29 is 0 Å². The molecular formula is C14H27N5. The molecule has 2 rings (SSSR count). The average Bonchev–Trinajstić information content (AvgIpc) is 2.80. The highest BCUT2D eigenvalue weighted by Crippen LogP contribution is 2.15. The van der Waals surface area contributed by atoms with Gasteiger partial charge in [-0.3, -0.25) is 4.90 Å². The van der Waals surface area contributed by atoms with Gasteiger partial charge in [-0.05, 0) is 27.2 Å². The molecular weight excluding hydrogens is 238 g/mol. The standard InChI is InChI=1S/C14H27N5/c1-5-6-13-9-15-7-8-18(13)10-12-11-19(17-16-12)14(2,3)4/h11,13,15H,5-10H2,1-4H3. The molecule has 5 nitrogen and oxygen atoms in total. The third-order valence-corrected chi connectivity index (χ3v) is 3.69. The van der Waals surface area contributed by atoms with Gasteiger partial charge in [0.1, 0.15) is 0 Å². The Labute approximate surface area is 116 Å². The van der Waals surface area contributed by atoms with E-state index >= 15 is 0 Å². The van der Waals surface area contributed by atoms with Crippen LogP contribution in [0.25, 0.3) is 0 Å². The normalized spacial score (nSPS) is 21.8. The fourth-order valence-corrected chi connectivity index (χ4v) is 2.54. The van der Waals surface area contributed by atoms with E-state index in [-0.39, 0.29) is 5.54 Å². The van der Waals surface area contributed by atoms with Gasteiger partial charge in [0.15, 0.2) is 0 Å². The van der Waals surface area contributed by atoms with Gasteiger partial charge in [-0.1, -0.05) is 18.6 Å². The molecule has 2 heterocycles. The van der Waals surface area contributed by atoms with Crippen molar-refractivity contribution in [3.63, 3.8) is 0 Å². The molecule has 0 radical (unpaired) electrons. The zero-order chi connectivity index (χ0) is 13.9. The monoisotopic (exact) mass is 265 g/mol. The molecule has 1 saturated heterocycles. The van der Waals surface area contributed by atoms with Gasteiger partial charge in [-0.25, -0.2) is 4.68 Å². The van der Waals surface area contributed by atoms with Crippen LogP contribution >= 0.6 is 0 Å². The van der Waals surface area contributed by atoms with Crippen molar-refractivity contribution in [2.45, 2.75) is 58.7 Å². The topological polar surface area (TPSA) is 46.0 Å². The number of nitrogens with one attached hydrogen (secondary N) is 1. The van der Waals surface area contributed by atoms with E-state index in [1.165, 1.54) is 12.8 Å². The number of rotatable bonds is 4. The lowest BCUT2D eigenvalue weighted by Gasteiger charge is -2.35. The summed E-state index contributed by atoms with van der Waals surface area (Å²) in [7, 11) is 0. The summed E-state index contributed by atoms with van der Waals surface area (Å²) in [4.78, 5) is 2.54. The molecule has 0 aromatic carbocycles. The van der Waals surface area contributed by atoms with Crippen LogP contribution in [0.15, 0.2) is 6.20 Å². The maximum Gasteiger partial charge on any atom is 0.0967 e. The van der Waals surface area contributed by atoms with Gasteiger partial charge >= 0.3 is 0 Å². The second-order valence-electron chi connectivity index (χ2n) is 6.44. The van der Waals surface area contributed by atoms with Crippen molar-refractivity contribution in [1.29, 1.82) is 0 Å². The van der Waals surface area contributed by atoms with Gasteiger partial charge in [-0.2, -0.15) is 0 Å². The minimum Gasteiger partial charge on any atom is -0.314 e. The van der Waals surface area contributed by atoms with Crippen LogP contribution in [0.5, 0.6) is 0 Å². The first-order valence-corrected chi connectivity index (χ1v) is 7.37. The third kappa shape index (κ3) is 3.76. The highest BCUT2D eigenvalue weighted by Gasteiger charge is 2.23. The summed E-state index contributed by atoms with van der Waals surface area (Å²) >= 11 is 0. The Bertz CT molecular complexity index is 391. The largest absolute Gasteiger partial charge is 0.314 e. The molecule has 0 saturated carbocycles. The van der Waals surface area contributed by atoms with Crippen LogP contribution in [0.3, 0.4) is 0 Å². The molecule has 0 amide bonds. The summed E-state index contributed by atoms with van der Waals surface area (Å²) < 4.78 is 1.96. The molecule has 1 unspecified atom stereocenters. The van der Waals surface area contributed by atoms with Crippen LogP contribution in [0.1, 0.15) is 46.2 Å². The number of hydrogen-bond donors (Lipinski definition) is 1. The van der Waals surface area contributed by atoms with Gasteiger partial charge < -0.3 is 5.32 Å². The van der Waals surface area contributed by atoms with Gasteiger partial charge in [-0.15, -0.1) is 5.10 Å². The number of hydrogen-bond acceptors (Lipinski definition) is 4. The lowest BCUT2D eigenvalue weighted by Crippen LogP contribution is -2.50. The number of nitrogens with zero attached hydrogens (tertiary/aromatic N) is 4. The Morgan fingerprint density at radius 2 is 2.21 bits per heavy atom. The molecule has 1 N–H and O–H groups in total. The molecule has 108 valence electrons. The Morgan fingerprint density at radius 3 is 2.84 bits per heavy atom. The zero-order valence-electron chi connectivity index (χ0n) is 12.7. The number of aromatic nitrogens is 3. The van der Waals surface area contributed by atoms with Gasteiger partial charge in [0.25, 0.3) is 0 Å². The molecule has 5 heteroatoms. The smallest absolute Gasteiger partial charge is 0.0967 e. The van der Waals surface area contributed by atoms with E-state index in [0.29, 0.717) is 6.04 Å². The average molecular weight is 265 g/mol. The van der Waals surface area contributed by atoms with Gasteiger partial charge in [0, 0.05) is 32.2 Å². The van der Waals surface area contributed by atoms with Gasteiger partial charge in [0.05, 0.1) is 17.4 Å². The Kier molecular flexibility index (Phi) is 4.58. The summed E-state index contributed by atoms with van der Waals surface area (Å²) in [6.07, 6.45) is 4.57. The minimum atomic E-state index is 0.0114. The summed E-state index contributed by atoms with van der Waals surface area (Å²) in [6, 6.07) is 0.638. The Balaban J connectivity index is 2.00. The first kappa shape index (κ1) is 14.5.